The van der Waals surface area contributed by atoms with E-state index in [-0.39, 0.29) is 6.42 Å². The predicted octanol–water partition coefficient (Wildman–Crippen LogP) is -1.32. The summed E-state index contributed by atoms with van der Waals surface area (Å²) in [6.07, 6.45) is -0.334. The van der Waals surface area contributed by atoms with Crippen LogP contribution in [0.2, 0.25) is 0 Å². The highest BCUT2D eigenvalue weighted by Crippen LogP contribution is 2.66. The fourth-order valence-corrected chi connectivity index (χ4v) is 4.08. The minimum Gasteiger partial charge on any atom is -0.396 e. The van der Waals surface area contributed by atoms with E-state index in [1.807, 2.05) is 0 Å². The lowest BCUT2D eigenvalue weighted by Crippen LogP contribution is -2.35. The number of aliphatic hydroxyl groups is 3. The second kappa shape index (κ2) is 8.41. The highest BCUT2D eigenvalue weighted by molar-refractivity contribution is 7.66. The normalized spacial score (nSPS) is 18.7. The van der Waals surface area contributed by atoms with Gasteiger partial charge in [0.2, 0.25) is 0 Å². The summed E-state index contributed by atoms with van der Waals surface area (Å²) in [7, 11) is -16.3. The molecule has 0 aliphatic carbocycles. The SMILES string of the molecule is O=P(O)(O)OP(=O)(O)OP(=O)(O)OCCC(CO)(CO)CO. The number of hydrogen-bond acceptors (Lipinski definition) is 9. The number of phosphoric acid groups is 3. The molecular weight excluding hydrogens is 373 g/mol. The molecule has 0 aromatic heterocycles. The molecule has 7 N–H and O–H groups in total. The zero-order valence-corrected chi connectivity index (χ0v) is 13.6. The Balaban J connectivity index is 4.63. The molecule has 0 rings (SSSR count). The molecular formula is C6H17O13P3. The number of rotatable bonds is 11. The fourth-order valence-electron chi connectivity index (χ4n) is 1.07. The van der Waals surface area contributed by atoms with Crippen molar-refractivity contribution < 1.29 is 61.7 Å². The Morgan fingerprint density at radius 1 is 0.773 bits per heavy atom. The second-order valence-corrected chi connectivity index (χ2v) is 8.57. The summed E-state index contributed by atoms with van der Waals surface area (Å²) in [6, 6.07) is 0. The molecule has 16 heteroatoms. The molecule has 0 fully saturated rings. The zero-order chi connectivity index (χ0) is 17.7. The van der Waals surface area contributed by atoms with Gasteiger partial charge in [0.15, 0.2) is 0 Å². The Morgan fingerprint density at radius 3 is 1.59 bits per heavy atom. The minimum absolute atomic E-state index is 0.334. The van der Waals surface area contributed by atoms with Gasteiger partial charge < -0.3 is 34.9 Å². The van der Waals surface area contributed by atoms with Gasteiger partial charge in [-0.15, -0.1) is 0 Å². The largest absolute Gasteiger partial charge is 0.490 e. The topological polar surface area (TPSA) is 221 Å². The monoisotopic (exact) mass is 390 g/mol. The third kappa shape index (κ3) is 8.80. The third-order valence-electron chi connectivity index (χ3n) is 2.31. The summed E-state index contributed by atoms with van der Waals surface area (Å²) in [6.45, 7) is -2.75. The predicted molar refractivity (Wildman–Crippen MR) is 68.1 cm³/mol. The molecule has 22 heavy (non-hydrogen) atoms. The zero-order valence-electron chi connectivity index (χ0n) is 11.0. The van der Waals surface area contributed by atoms with E-state index in [4.69, 9.17) is 34.9 Å². The highest BCUT2D eigenvalue weighted by atomic mass is 31.3. The van der Waals surface area contributed by atoms with Gasteiger partial charge in [-0.3, -0.25) is 4.52 Å². The summed E-state index contributed by atoms with van der Waals surface area (Å²) in [5.74, 6) is 0. The molecule has 134 valence electrons. The first kappa shape index (κ1) is 22.3. The van der Waals surface area contributed by atoms with Gasteiger partial charge in [0, 0.05) is 5.41 Å². The molecule has 0 saturated carbocycles. The van der Waals surface area contributed by atoms with Crippen LogP contribution >= 0.6 is 23.5 Å². The van der Waals surface area contributed by atoms with Crippen LogP contribution in [-0.2, 0) is 26.8 Å². The van der Waals surface area contributed by atoms with Crippen molar-refractivity contribution in [3.8, 4) is 0 Å². The van der Waals surface area contributed by atoms with Crippen molar-refractivity contribution >= 4 is 23.5 Å². The minimum atomic E-state index is -5.59. The van der Waals surface area contributed by atoms with Gasteiger partial charge in [-0.2, -0.15) is 8.62 Å². The number of phosphoric ester groups is 1. The first-order valence-electron chi connectivity index (χ1n) is 5.41. The molecule has 0 aromatic carbocycles. The van der Waals surface area contributed by atoms with Crippen LogP contribution < -0.4 is 0 Å². The summed E-state index contributed by atoms with van der Waals surface area (Å²) in [5.41, 5.74) is -1.43. The Bertz CT molecular complexity index is 472. The second-order valence-electron chi connectivity index (χ2n) is 4.15. The van der Waals surface area contributed by atoms with Crippen LogP contribution in [0, 0.1) is 5.41 Å². The highest BCUT2D eigenvalue weighted by Gasteiger charge is 2.41. The molecule has 0 bridgehead atoms. The van der Waals surface area contributed by atoms with E-state index >= 15 is 0 Å². The van der Waals surface area contributed by atoms with E-state index in [9.17, 15) is 13.7 Å². The summed E-state index contributed by atoms with van der Waals surface area (Å²) in [4.78, 5) is 34.6. The van der Waals surface area contributed by atoms with Crippen LogP contribution in [-0.4, -0.2) is 61.3 Å². The van der Waals surface area contributed by atoms with E-state index < -0.39 is 55.3 Å². The molecule has 0 saturated heterocycles. The third-order valence-corrected chi connectivity index (χ3v) is 6.15. The van der Waals surface area contributed by atoms with Crippen LogP contribution in [0.4, 0.5) is 0 Å². The summed E-state index contributed by atoms with van der Waals surface area (Å²) < 4.78 is 43.9. The summed E-state index contributed by atoms with van der Waals surface area (Å²) in [5, 5.41) is 27.0. The smallest absolute Gasteiger partial charge is 0.396 e. The van der Waals surface area contributed by atoms with E-state index in [1.54, 1.807) is 0 Å². The molecule has 0 spiro atoms. The van der Waals surface area contributed by atoms with Crippen LogP contribution in [0.5, 0.6) is 0 Å². The Morgan fingerprint density at radius 2 is 1.23 bits per heavy atom. The molecule has 0 radical (unpaired) electrons. The lowest BCUT2D eigenvalue weighted by Gasteiger charge is -2.27. The van der Waals surface area contributed by atoms with E-state index in [0.717, 1.165) is 0 Å². The molecule has 0 heterocycles. The molecule has 0 aromatic rings. The number of hydrogen-bond donors (Lipinski definition) is 7. The molecule has 2 atom stereocenters. The van der Waals surface area contributed by atoms with E-state index in [2.05, 4.69) is 13.1 Å². The quantitative estimate of drug-likeness (QED) is 0.204. The molecule has 0 aliphatic heterocycles. The Kier molecular flexibility index (Phi) is 8.52. The number of aliphatic hydroxyl groups excluding tert-OH is 3. The van der Waals surface area contributed by atoms with Crippen molar-refractivity contribution in [1.29, 1.82) is 0 Å². The van der Waals surface area contributed by atoms with Gasteiger partial charge in [-0.1, -0.05) is 0 Å². The molecule has 0 aliphatic rings. The van der Waals surface area contributed by atoms with Crippen molar-refractivity contribution in [3.63, 3.8) is 0 Å². The Hall–Kier alpha value is 0.290. The average Bonchev–Trinajstić information content (AvgIpc) is 2.30. The van der Waals surface area contributed by atoms with Crippen LogP contribution in [0.1, 0.15) is 6.42 Å². The van der Waals surface area contributed by atoms with Crippen molar-refractivity contribution in [2.75, 3.05) is 26.4 Å². The van der Waals surface area contributed by atoms with Gasteiger partial charge in [0.05, 0.1) is 26.4 Å². The maximum absolute atomic E-state index is 11.3. The van der Waals surface area contributed by atoms with Crippen LogP contribution in [0.25, 0.3) is 0 Å². The van der Waals surface area contributed by atoms with Gasteiger partial charge in [-0.25, -0.2) is 13.7 Å². The lowest BCUT2D eigenvalue weighted by molar-refractivity contribution is -0.0112. The molecule has 0 amide bonds. The van der Waals surface area contributed by atoms with Crippen molar-refractivity contribution in [1.82, 2.24) is 0 Å². The lowest BCUT2D eigenvalue weighted by atomic mass is 9.88. The molecule has 13 nitrogen and oxygen atoms in total. The van der Waals surface area contributed by atoms with Gasteiger partial charge in [0.1, 0.15) is 0 Å². The van der Waals surface area contributed by atoms with E-state index in [1.165, 1.54) is 0 Å². The van der Waals surface area contributed by atoms with Gasteiger partial charge in [0.25, 0.3) is 0 Å². The van der Waals surface area contributed by atoms with Crippen molar-refractivity contribution in [2.24, 2.45) is 5.41 Å². The fraction of sp³-hybridized carbons (Fsp3) is 1.00. The standard InChI is InChI=1S/C6H17O13P3/c7-3-6(4-8,5-9)1-2-17-21(13,14)19-22(15,16)18-20(10,11)12/h7-9H,1-5H2,(H,13,14)(H,15,16)(H2,10,11,12). The maximum Gasteiger partial charge on any atom is 0.490 e. The van der Waals surface area contributed by atoms with E-state index in [0.29, 0.717) is 0 Å². The van der Waals surface area contributed by atoms with Gasteiger partial charge in [-0.05, 0) is 6.42 Å². The first-order valence-corrected chi connectivity index (χ1v) is 9.93. The molecule has 2 unspecified atom stereocenters. The van der Waals surface area contributed by atoms with Crippen LogP contribution in [0.15, 0.2) is 0 Å². The average molecular weight is 390 g/mol. The Labute approximate surface area is 124 Å². The van der Waals surface area contributed by atoms with Crippen LogP contribution in [0.3, 0.4) is 0 Å². The maximum atomic E-state index is 11.3. The first-order chi connectivity index (χ1) is 9.80. The van der Waals surface area contributed by atoms with Gasteiger partial charge >= 0.3 is 23.5 Å². The van der Waals surface area contributed by atoms with Crippen molar-refractivity contribution in [3.05, 3.63) is 0 Å². The van der Waals surface area contributed by atoms with Crippen molar-refractivity contribution in [2.45, 2.75) is 6.42 Å². The summed E-state index contributed by atoms with van der Waals surface area (Å²) >= 11 is 0.